The number of rotatable bonds is 6. The Hall–Kier alpha value is -2.81. The van der Waals surface area contributed by atoms with Gasteiger partial charge in [-0.25, -0.2) is 0 Å². The van der Waals surface area contributed by atoms with Gasteiger partial charge >= 0.3 is 5.97 Å². The molecule has 0 heterocycles. The summed E-state index contributed by atoms with van der Waals surface area (Å²) in [5.74, 6) is 0.174. The fourth-order valence-corrected chi connectivity index (χ4v) is 3.81. The van der Waals surface area contributed by atoms with Crippen LogP contribution in [0, 0.1) is 12.8 Å². The van der Waals surface area contributed by atoms with Crippen LogP contribution in [0.15, 0.2) is 71.8 Å². The molecule has 1 aliphatic carbocycles. The van der Waals surface area contributed by atoms with Gasteiger partial charge in [0.2, 0.25) is 0 Å². The second-order valence-electron chi connectivity index (χ2n) is 8.01. The fraction of sp³-hybridized carbons (Fsp3) is 0.346. The number of allylic oxidation sites excluding steroid dienone is 2. The molecule has 0 radical (unpaired) electrons. The molecular formula is C26H31NO2. The number of carbonyl (C=O) groups is 1. The van der Waals surface area contributed by atoms with Gasteiger partial charge in [-0.3, -0.25) is 4.79 Å². The number of aryl methyl sites for hydroxylation is 1. The zero-order valence-electron chi connectivity index (χ0n) is 18.1. The molecule has 0 N–H and O–H groups in total. The fourth-order valence-electron chi connectivity index (χ4n) is 3.81. The van der Waals surface area contributed by atoms with Crippen LogP contribution < -0.4 is 4.90 Å². The minimum absolute atomic E-state index is 0.232. The van der Waals surface area contributed by atoms with Crippen molar-refractivity contribution in [3.05, 3.63) is 83.0 Å². The number of carbonyl (C=O) groups excluding carboxylic acids is 1. The van der Waals surface area contributed by atoms with Crippen LogP contribution in [0.3, 0.4) is 0 Å². The van der Waals surface area contributed by atoms with E-state index >= 15 is 0 Å². The highest BCUT2D eigenvalue weighted by Crippen LogP contribution is 2.35. The largest absolute Gasteiger partial charge is 0.466 e. The number of hydrogen-bond donors (Lipinski definition) is 0. The number of ether oxygens (including phenoxy) is 1. The number of esters is 1. The van der Waals surface area contributed by atoms with E-state index in [1.165, 1.54) is 35.0 Å². The van der Waals surface area contributed by atoms with Gasteiger partial charge < -0.3 is 9.64 Å². The third kappa shape index (κ3) is 5.17. The third-order valence-corrected chi connectivity index (χ3v) is 5.62. The summed E-state index contributed by atoms with van der Waals surface area (Å²) in [6.07, 6.45) is 5.48. The molecule has 2 aromatic carbocycles. The number of anilines is 2. The van der Waals surface area contributed by atoms with Crippen molar-refractivity contribution in [1.82, 2.24) is 0 Å². The van der Waals surface area contributed by atoms with Crippen molar-refractivity contribution < 1.29 is 9.53 Å². The first kappa shape index (κ1) is 20.9. The summed E-state index contributed by atoms with van der Waals surface area (Å²) in [6, 6.07) is 17.6. The van der Waals surface area contributed by atoms with Gasteiger partial charge in [-0.2, -0.15) is 0 Å². The van der Waals surface area contributed by atoms with E-state index in [2.05, 4.69) is 93.3 Å². The highest BCUT2D eigenvalue weighted by Gasteiger charge is 2.26. The third-order valence-electron chi connectivity index (χ3n) is 5.62. The molecule has 0 saturated carbocycles. The maximum atomic E-state index is 11.0. The lowest BCUT2D eigenvalue weighted by atomic mass is 9.87. The summed E-state index contributed by atoms with van der Waals surface area (Å²) in [5, 5.41) is 0. The number of benzene rings is 2. The molecule has 0 saturated heterocycles. The lowest BCUT2D eigenvalue weighted by Gasteiger charge is -2.37. The zero-order valence-corrected chi connectivity index (χ0v) is 18.1. The van der Waals surface area contributed by atoms with E-state index in [-0.39, 0.29) is 12.0 Å². The Bertz CT molecular complexity index is 907. The lowest BCUT2D eigenvalue weighted by Crippen LogP contribution is -2.36. The van der Waals surface area contributed by atoms with Gasteiger partial charge in [0.15, 0.2) is 0 Å². The van der Waals surface area contributed by atoms with Crippen LogP contribution in [0.5, 0.6) is 0 Å². The first-order valence-electron chi connectivity index (χ1n) is 10.3. The van der Waals surface area contributed by atoms with E-state index in [0.717, 1.165) is 12.0 Å². The highest BCUT2D eigenvalue weighted by atomic mass is 16.5. The smallest absolute Gasteiger partial charge is 0.302 e. The van der Waals surface area contributed by atoms with Gasteiger partial charge in [0.1, 0.15) is 0 Å². The van der Waals surface area contributed by atoms with Crippen LogP contribution in [-0.4, -0.2) is 18.6 Å². The van der Waals surface area contributed by atoms with Crippen molar-refractivity contribution in [1.29, 1.82) is 0 Å². The first-order valence-corrected chi connectivity index (χ1v) is 10.3. The Kier molecular flexibility index (Phi) is 6.58. The van der Waals surface area contributed by atoms with Crippen molar-refractivity contribution in [2.75, 3.05) is 11.5 Å². The average Bonchev–Trinajstić information content (AvgIpc) is 2.68. The van der Waals surface area contributed by atoms with Gasteiger partial charge in [-0.1, -0.05) is 60.1 Å². The summed E-state index contributed by atoms with van der Waals surface area (Å²) in [4.78, 5) is 13.4. The molecule has 0 bridgehead atoms. The van der Waals surface area contributed by atoms with Crippen LogP contribution >= 0.6 is 0 Å². The maximum absolute atomic E-state index is 11.0. The minimum atomic E-state index is -0.232. The molecule has 2 unspecified atom stereocenters. The molecule has 1 aliphatic rings. The molecule has 152 valence electrons. The topological polar surface area (TPSA) is 29.5 Å². The monoisotopic (exact) mass is 389 g/mol. The van der Waals surface area contributed by atoms with E-state index < -0.39 is 0 Å². The second-order valence-corrected chi connectivity index (χ2v) is 8.01. The van der Waals surface area contributed by atoms with E-state index in [0.29, 0.717) is 12.5 Å². The Labute approximate surface area is 174 Å². The quantitative estimate of drug-likeness (QED) is 0.555. The van der Waals surface area contributed by atoms with Crippen molar-refractivity contribution in [2.45, 2.75) is 47.1 Å². The summed E-state index contributed by atoms with van der Waals surface area (Å²) in [5.41, 5.74) is 7.48. The molecule has 2 aromatic rings. The Morgan fingerprint density at radius 1 is 0.897 bits per heavy atom. The summed E-state index contributed by atoms with van der Waals surface area (Å²) >= 11 is 0. The van der Waals surface area contributed by atoms with Crippen LogP contribution in [0.4, 0.5) is 11.4 Å². The summed E-state index contributed by atoms with van der Waals surface area (Å²) in [7, 11) is 0. The van der Waals surface area contributed by atoms with Gasteiger partial charge in [0.25, 0.3) is 0 Å². The number of nitrogens with zero attached hydrogens (tertiary/aromatic N) is 1. The Morgan fingerprint density at radius 3 is 2.03 bits per heavy atom. The molecule has 0 amide bonds. The lowest BCUT2D eigenvalue weighted by molar-refractivity contribution is -0.140. The first-order chi connectivity index (χ1) is 13.8. The van der Waals surface area contributed by atoms with E-state index in [9.17, 15) is 4.79 Å². The zero-order chi connectivity index (χ0) is 21.0. The van der Waals surface area contributed by atoms with Crippen LogP contribution in [0.1, 0.15) is 38.8 Å². The van der Waals surface area contributed by atoms with Gasteiger partial charge in [0.05, 0.1) is 12.6 Å². The minimum Gasteiger partial charge on any atom is -0.466 e. The second kappa shape index (κ2) is 9.13. The molecule has 0 spiro atoms. The molecule has 3 nitrogen and oxygen atoms in total. The standard InChI is InChI=1S/C26H31NO2/c1-18-6-10-24(11-7-18)27(26-17-20(3)19(2)16-21(26)4)25-12-8-23(9-13-25)14-15-29-22(5)28/h6-13,16-17,21,26H,14-15H2,1-5H3. The summed E-state index contributed by atoms with van der Waals surface area (Å²) in [6.45, 7) is 10.6. The van der Waals surface area contributed by atoms with Crippen molar-refractivity contribution in [3.63, 3.8) is 0 Å². The van der Waals surface area contributed by atoms with Crippen molar-refractivity contribution in [3.8, 4) is 0 Å². The van der Waals surface area contributed by atoms with Gasteiger partial charge in [-0.15, -0.1) is 0 Å². The van der Waals surface area contributed by atoms with Gasteiger partial charge in [-0.05, 0) is 56.5 Å². The predicted octanol–water partition coefficient (Wildman–Crippen LogP) is 6.15. The van der Waals surface area contributed by atoms with Crippen molar-refractivity contribution in [2.24, 2.45) is 5.92 Å². The highest BCUT2D eigenvalue weighted by molar-refractivity contribution is 5.67. The molecule has 0 aromatic heterocycles. The molecule has 0 fully saturated rings. The normalized spacial score (nSPS) is 18.7. The summed E-state index contributed by atoms with van der Waals surface area (Å²) < 4.78 is 5.07. The van der Waals surface area contributed by atoms with Gasteiger partial charge in [0, 0.05) is 24.7 Å². The maximum Gasteiger partial charge on any atom is 0.302 e. The van der Waals surface area contributed by atoms with Crippen LogP contribution in [0.25, 0.3) is 0 Å². The molecule has 3 rings (SSSR count). The van der Waals surface area contributed by atoms with E-state index in [4.69, 9.17) is 4.74 Å². The predicted molar refractivity (Wildman–Crippen MR) is 121 cm³/mol. The Balaban J connectivity index is 1.91. The number of hydrogen-bond acceptors (Lipinski definition) is 3. The van der Waals surface area contributed by atoms with E-state index in [1.54, 1.807) is 0 Å². The molecule has 2 atom stereocenters. The Morgan fingerprint density at radius 2 is 1.45 bits per heavy atom. The van der Waals surface area contributed by atoms with E-state index in [1.807, 2.05) is 0 Å². The van der Waals surface area contributed by atoms with Crippen LogP contribution in [-0.2, 0) is 16.0 Å². The molecule has 0 aliphatic heterocycles. The molecular weight excluding hydrogens is 358 g/mol. The average molecular weight is 390 g/mol. The molecule has 29 heavy (non-hydrogen) atoms. The molecule has 3 heteroatoms. The van der Waals surface area contributed by atoms with Crippen molar-refractivity contribution >= 4 is 17.3 Å². The SMILES string of the molecule is CC(=O)OCCc1ccc(N(c2ccc(C)cc2)C2C=C(C)C(C)=CC2C)cc1. The van der Waals surface area contributed by atoms with Crippen LogP contribution in [0.2, 0.25) is 0 Å².